The first-order valence-corrected chi connectivity index (χ1v) is 7.75. The van der Waals surface area contributed by atoms with Gasteiger partial charge in [0.2, 0.25) is 12.5 Å². The molecule has 132 valence electrons. The highest BCUT2D eigenvalue weighted by Gasteiger charge is 2.20. The molecule has 2 aromatic rings. The quantitative estimate of drug-likeness (QED) is 0.866. The zero-order chi connectivity index (χ0) is 17.8. The summed E-state index contributed by atoms with van der Waals surface area (Å²) in [4.78, 5) is 0. The number of hydrogen-bond donors (Lipinski definition) is 1. The zero-order valence-corrected chi connectivity index (χ0v) is 14.4. The predicted octanol–water partition coefficient (Wildman–Crippen LogP) is 3.40. The fraction of sp³-hybridized carbons (Fsp3) is 0.263. The number of fused-ring (bicyclic) bond motifs is 1. The van der Waals surface area contributed by atoms with Gasteiger partial charge in [-0.25, -0.2) is 0 Å². The zero-order valence-electron chi connectivity index (χ0n) is 14.4. The van der Waals surface area contributed by atoms with Crippen LogP contribution in [0.15, 0.2) is 30.3 Å². The molecular formula is C19H20O6. The van der Waals surface area contributed by atoms with Crippen molar-refractivity contribution in [3.05, 3.63) is 41.5 Å². The van der Waals surface area contributed by atoms with Crippen LogP contribution in [0.5, 0.6) is 34.5 Å². The van der Waals surface area contributed by atoms with E-state index in [9.17, 15) is 5.11 Å². The van der Waals surface area contributed by atoms with Gasteiger partial charge in [-0.2, -0.15) is 0 Å². The molecule has 6 heteroatoms. The first-order valence-electron chi connectivity index (χ1n) is 7.75. The van der Waals surface area contributed by atoms with E-state index < -0.39 is 0 Å². The average Bonchev–Trinajstić information content (AvgIpc) is 3.11. The lowest BCUT2D eigenvalue weighted by Crippen LogP contribution is -1.95. The van der Waals surface area contributed by atoms with E-state index in [4.69, 9.17) is 23.7 Å². The molecule has 25 heavy (non-hydrogen) atoms. The average molecular weight is 344 g/mol. The van der Waals surface area contributed by atoms with Crippen LogP contribution in [0.2, 0.25) is 0 Å². The molecule has 0 spiro atoms. The number of hydrogen-bond acceptors (Lipinski definition) is 6. The summed E-state index contributed by atoms with van der Waals surface area (Å²) >= 11 is 0. The summed E-state index contributed by atoms with van der Waals surface area (Å²) in [6.07, 6.45) is 4.34. The third-order valence-electron chi connectivity index (χ3n) is 3.94. The van der Waals surface area contributed by atoms with Crippen molar-refractivity contribution in [1.82, 2.24) is 0 Å². The minimum Gasteiger partial charge on any atom is -0.508 e. The Bertz CT molecular complexity index is 772. The van der Waals surface area contributed by atoms with E-state index in [1.165, 1.54) is 0 Å². The van der Waals surface area contributed by atoms with Crippen molar-refractivity contribution in [3.8, 4) is 34.5 Å². The molecule has 0 saturated carbocycles. The van der Waals surface area contributed by atoms with Gasteiger partial charge in [-0.1, -0.05) is 12.2 Å². The Morgan fingerprint density at radius 2 is 1.76 bits per heavy atom. The van der Waals surface area contributed by atoms with Crippen LogP contribution in [0, 0.1) is 0 Å². The van der Waals surface area contributed by atoms with Crippen molar-refractivity contribution in [2.75, 3.05) is 28.1 Å². The molecule has 0 unspecified atom stereocenters. The van der Waals surface area contributed by atoms with Crippen molar-refractivity contribution in [2.45, 2.75) is 6.42 Å². The number of methoxy groups -OCH3 is 3. The number of allylic oxidation sites excluding steroid dienone is 1. The molecule has 0 aromatic heterocycles. The second kappa shape index (κ2) is 7.25. The maximum absolute atomic E-state index is 10.1. The van der Waals surface area contributed by atoms with Crippen molar-refractivity contribution in [3.63, 3.8) is 0 Å². The Balaban J connectivity index is 1.85. The molecule has 0 saturated heterocycles. The molecule has 2 aromatic carbocycles. The van der Waals surface area contributed by atoms with Crippen LogP contribution in [-0.2, 0) is 6.42 Å². The third-order valence-corrected chi connectivity index (χ3v) is 3.94. The van der Waals surface area contributed by atoms with Gasteiger partial charge in [0.05, 0.1) is 21.3 Å². The van der Waals surface area contributed by atoms with E-state index in [-0.39, 0.29) is 12.5 Å². The Labute approximate surface area is 146 Å². The standard InChI is InChI=1S/C19H20O6/c1-21-16-9-12(10-17(22-2)19(16)23-3)5-4-6-13-14(20)7-8-15-18(13)25-11-24-15/h4-5,7-10,20H,6,11H2,1-3H3/b5-4+. The number of aromatic hydroxyl groups is 1. The Kier molecular flexibility index (Phi) is 4.88. The second-order valence-corrected chi connectivity index (χ2v) is 5.36. The summed E-state index contributed by atoms with van der Waals surface area (Å²) in [5.74, 6) is 3.14. The molecule has 3 rings (SSSR count). The topological polar surface area (TPSA) is 66.4 Å². The first-order chi connectivity index (χ1) is 12.2. The van der Waals surface area contributed by atoms with Gasteiger partial charge >= 0.3 is 0 Å². The summed E-state index contributed by atoms with van der Waals surface area (Å²) in [5, 5.41) is 10.1. The lowest BCUT2D eigenvalue weighted by molar-refractivity contribution is 0.173. The highest BCUT2D eigenvalue weighted by molar-refractivity contribution is 5.63. The summed E-state index contributed by atoms with van der Waals surface area (Å²) in [5.41, 5.74) is 1.58. The van der Waals surface area contributed by atoms with Gasteiger partial charge in [0, 0.05) is 5.56 Å². The first kappa shape index (κ1) is 16.8. The summed E-state index contributed by atoms with van der Waals surface area (Å²) in [6.45, 7) is 0.169. The Hall–Kier alpha value is -3.02. The van der Waals surface area contributed by atoms with Crippen LogP contribution in [0.25, 0.3) is 6.08 Å². The molecule has 0 aliphatic carbocycles. The maximum atomic E-state index is 10.1. The van der Waals surface area contributed by atoms with E-state index in [0.29, 0.717) is 40.7 Å². The van der Waals surface area contributed by atoms with E-state index in [1.54, 1.807) is 33.5 Å². The second-order valence-electron chi connectivity index (χ2n) is 5.36. The lowest BCUT2D eigenvalue weighted by atomic mass is 10.1. The molecular weight excluding hydrogens is 324 g/mol. The molecule has 1 N–H and O–H groups in total. The van der Waals surface area contributed by atoms with Crippen molar-refractivity contribution in [2.24, 2.45) is 0 Å². The summed E-state index contributed by atoms with van der Waals surface area (Å²) in [6, 6.07) is 7.01. The lowest BCUT2D eigenvalue weighted by Gasteiger charge is -2.12. The van der Waals surface area contributed by atoms with Crippen LogP contribution >= 0.6 is 0 Å². The Morgan fingerprint density at radius 3 is 2.40 bits per heavy atom. The van der Waals surface area contributed by atoms with Crippen molar-refractivity contribution in [1.29, 1.82) is 0 Å². The van der Waals surface area contributed by atoms with Gasteiger partial charge in [-0.3, -0.25) is 0 Å². The van der Waals surface area contributed by atoms with Gasteiger partial charge in [-0.15, -0.1) is 0 Å². The van der Waals surface area contributed by atoms with E-state index in [2.05, 4.69) is 0 Å². The normalized spacial score (nSPS) is 12.4. The molecule has 0 fully saturated rings. The van der Waals surface area contributed by atoms with Crippen LogP contribution in [-0.4, -0.2) is 33.2 Å². The molecule has 0 atom stereocenters. The maximum Gasteiger partial charge on any atom is 0.231 e. The smallest absolute Gasteiger partial charge is 0.231 e. The largest absolute Gasteiger partial charge is 0.508 e. The molecule has 0 amide bonds. The fourth-order valence-electron chi connectivity index (χ4n) is 2.73. The van der Waals surface area contributed by atoms with Crippen LogP contribution < -0.4 is 23.7 Å². The number of phenolic OH excluding ortho intramolecular Hbond substituents is 1. The molecule has 0 radical (unpaired) electrons. The number of benzene rings is 2. The fourth-order valence-corrected chi connectivity index (χ4v) is 2.73. The highest BCUT2D eigenvalue weighted by atomic mass is 16.7. The van der Waals surface area contributed by atoms with Gasteiger partial charge in [0.1, 0.15) is 5.75 Å². The van der Waals surface area contributed by atoms with Crippen LogP contribution in [0.4, 0.5) is 0 Å². The molecule has 1 heterocycles. The molecule has 1 aliphatic rings. The van der Waals surface area contributed by atoms with Gasteiger partial charge in [0.15, 0.2) is 23.0 Å². The predicted molar refractivity (Wildman–Crippen MR) is 93.1 cm³/mol. The van der Waals surface area contributed by atoms with Crippen LogP contribution in [0.3, 0.4) is 0 Å². The minimum atomic E-state index is 0.169. The van der Waals surface area contributed by atoms with Crippen molar-refractivity contribution < 1.29 is 28.8 Å². The highest BCUT2D eigenvalue weighted by Crippen LogP contribution is 2.41. The van der Waals surface area contributed by atoms with Crippen LogP contribution in [0.1, 0.15) is 11.1 Å². The molecule has 6 nitrogen and oxygen atoms in total. The van der Waals surface area contributed by atoms with E-state index in [0.717, 1.165) is 5.56 Å². The summed E-state index contributed by atoms with van der Waals surface area (Å²) < 4.78 is 26.8. The van der Waals surface area contributed by atoms with E-state index >= 15 is 0 Å². The van der Waals surface area contributed by atoms with Crippen molar-refractivity contribution >= 4 is 6.08 Å². The Morgan fingerprint density at radius 1 is 1.04 bits per heavy atom. The third kappa shape index (κ3) is 3.28. The summed E-state index contributed by atoms with van der Waals surface area (Å²) in [7, 11) is 4.72. The van der Waals surface area contributed by atoms with Gasteiger partial charge in [-0.05, 0) is 36.2 Å². The van der Waals surface area contributed by atoms with Gasteiger partial charge < -0.3 is 28.8 Å². The number of ether oxygens (including phenoxy) is 5. The van der Waals surface area contributed by atoms with E-state index in [1.807, 2.05) is 24.3 Å². The molecule has 1 aliphatic heterocycles. The number of phenols is 1. The SMILES string of the molecule is COc1cc(/C=C/Cc2c(O)ccc3c2OCO3)cc(OC)c1OC. The van der Waals surface area contributed by atoms with Gasteiger partial charge in [0.25, 0.3) is 0 Å². The monoisotopic (exact) mass is 344 g/mol. The number of rotatable bonds is 6. The minimum absolute atomic E-state index is 0.169. The molecule has 0 bridgehead atoms.